The third-order valence-electron chi connectivity index (χ3n) is 3.78. The number of rotatable bonds is 7. The Balaban J connectivity index is 1.98. The lowest BCUT2D eigenvalue weighted by Crippen LogP contribution is -2.30. The Kier molecular flexibility index (Phi) is 7.78. The maximum absolute atomic E-state index is 12.4. The summed E-state index contributed by atoms with van der Waals surface area (Å²) in [6.07, 6.45) is 0. The van der Waals surface area contributed by atoms with Crippen LogP contribution in [0.2, 0.25) is 10.2 Å². The van der Waals surface area contributed by atoms with Crippen molar-refractivity contribution in [1.82, 2.24) is 9.88 Å². The Morgan fingerprint density at radius 1 is 1.11 bits per heavy atom. The van der Waals surface area contributed by atoms with Gasteiger partial charge in [0.1, 0.15) is 5.15 Å². The zero-order chi connectivity index (χ0) is 20.7. The quantitative estimate of drug-likeness (QED) is 0.541. The highest BCUT2D eigenvalue weighted by atomic mass is 35.5. The van der Waals surface area contributed by atoms with Crippen LogP contribution in [0.5, 0.6) is 0 Å². The molecule has 2 amide bonds. The number of halogens is 2. The molecule has 1 aromatic carbocycles. The fourth-order valence-corrected chi connectivity index (χ4v) is 2.71. The van der Waals surface area contributed by atoms with Crippen molar-refractivity contribution in [2.24, 2.45) is 0 Å². The van der Waals surface area contributed by atoms with Crippen molar-refractivity contribution in [3.8, 4) is 0 Å². The van der Waals surface area contributed by atoms with Crippen molar-refractivity contribution in [2.45, 2.75) is 13.8 Å². The zero-order valence-corrected chi connectivity index (χ0v) is 16.9. The summed E-state index contributed by atoms with van der Waals surface area (Å²) >= 11 is 11.6. The van der Waals surface area contributed by atoms with Gasteiger partial charge in [0.15, 0.2) is 12.3 Å². The van der Waals surface area contributed by atoms with E-state index in [4.69, 9.17) is 27.9 Å². The van der Waals surface area contributed by atoms with E-state index in [1.165, 1.54) is 12.1 Å². The van der Waals surface area contributed by atoms with Gasteiger partial charge in [0.05, 0.1) is 5.02 Å². The number of aromatic nitrogens is 1. The molecule has 2 rings (SSSR count). The molecule has 7 nitrogen and oxygen atoms in total. The van der Waals surface area contributed by atoms with Gasteiger partial charge in [-0.1, -0.05) is 29.3 Å². The first kappa shape index (κ1) is 21.7. The summed E-state index contributed by atoms with van der Waals surface area (Å²) in [6, 6.07) is 9.37. The first-order chi connectivity index (χ1) is 13.3. The largest absolute Gasteiger partial charge is 0.451 e. The van der Waals surface area contributed by atoms with Crippen LogP contribution in [-0.4, -0.2) is 47.4 Å². The molecule has 0 radical (unpaired) electrons. The number of hydrogen-bond acceptors (Lipinski definition) is 5. The number of nitrogens with one attached hydrogen (secondary N) is 1. The number of esters is 1. The molecule has 0 saturated carbocycles. The number of anilines is 1. The number of pyridine rings is 1. The maximum atomic E-state index is 12.4. The van der Waals surface area contributed by atoms with E-state index in [2.05, 4.69) is 10.3 Å². The van der Waals surface area contributed by atoms with E-state index in [9.17, 15) is 14.4 Å². The van der Waals surface area contributed by atoms with Crippen molar-refractivity contribution < 1.29 is 19.1 Å². The van der Waals surface area contributed by atoms with E-state index in [1.54, 1.807) is 29.2 Å². The van der Waals surface area contributed by atoms with Gasteiger partial charge >= 0.3 is 5.97 Å². The molecule has 0 aliphatic carbocycles. The number of ether oxygens (including phenoxy) is 1. The van der Waals surface area contributed by atoms with Gasteiger partial charge in [0, 0.05) is 24.3 Å². The summed E-state index contributed by atoms with van der Waals surface area (Å²) in [6.45, 7) is 4.41. The van der Waals surface area contributed by atoms with Gasteiger partial charge < -0.3 is 15.0 Å². The van der Waals surface area contributed by atoms with Crippen LogP contribution in [0.15, 0.2) is 36.4 Å². The second-order valence-corrected chi connectivity index (χ2v) is 6.44. The Hall–Kier alpha value is -2.64. The van der Waals surface area contributed by atoms with Crippen molar-refractivity contribution in [1.29, 1.82) is 0 Å². The fourth-order valence-electron chi connectivity index (χ4n) is 2.38. The fraction of sp³-hybridized carbons (Fsp3) is 0.263. The lowest BCUT2D eigenvalue weighted by molar-refractivity contribution is -0.119. The van der Waals surface area contributed by atoms with E-state index >= 15 is 0 Å². The smallest absolute Gasteiger partial charge is 0.359 e. The molecule has 0 atom stereocenters. The van der Waals surface area contributed by atoms with E-state index < -0.39 is 18.5 Å². The molecule has 0 saturated heterocycles. The van der Waals surface area contributed by atoms with E-state index in [-0.39, 0.29) is 21.8 Å². The molecule has 0 bridgehead atoms. The van der Waals surface area contributed by atoms with Gasteiger partial charge in [-0.05, 0) is 44.2 Å². The second-order valence-electron chi connectivity index (χ2n) is 5.65. The molecule has 2 aromatic rings. The molecule has 0 unspecified atom stereocenters. The highest BCUT2D eigenvalue weighted by Gasteiger charge is 2.17. The lowest BCUT2D eigenvalue weighted by Gasteiger charge is -2.19. The van der Waals surface area contributed by atoms with E-state index in [0.717, 1.165) is 0 Å². The normalized spacial score (nSPS) is 10.3. The van der Waals surface area contributed by atoms with Crippen LogP contribution in [0, 0.1) is 0 Å². The van der Waals surface area contributed by atoms with Gasteiger partial charge in [0.25, 0.3) is 11.8 Å². The first-order valence-corrected chi connectivity index (χ1v) is 9.29. The molecule has 9 heteroatoms. The number of carbonyl (C=O) groups excluding carboxylic acids is 3. The van der Waals surface area contributed by atoms with Crippen LogP contribution >= 0.6 is 23.2 Å². The highest BCUT2D eigenvalue weighted by molar-refractivity contribution is 6.34. The van der Waals surface area contributed by atoms with Gasteiger partial charge in [0.2, 0.25) is 0 Å². The number of amides is 2. The number of benzene rings is 1. The summed E-state index contributed by atoms with van der Waals surface area (Å²) < 4.78 is 4.92. The lowest BCUT2D eigenvalue weighted by atomic mass is 10.1. The number of hydrogen-bond donors (Lipinski definition) is 1. The topological polar surface area (TPSA) is 88.6 Å². The van der Waals surface area contributed by atoms with Crippen LogP contribution in [0.3, 0.4) is 0 Å². The first-order valence-electron chi connectivity index (χ1n) is 8.54. The number of nitrogens with zero attached hydrogens (tertiary/aromatic N) is 2. The zero-order valence-electron chi connectivity index (χ0n) is 15.4. The second kappa shape index (κ2) is 10.1. The molecule has 0 aliphatic heterocycles. The van der Waals surface area contributed by atoms with Crippen molar-refractivity contribution in [3.63, 3.8) is 0 Å². The molecule has 1 aromatic heterocycles. The molecular formula is C19H19Cl2N3O4. The highest BCUT2D eigenvalue weighted by Crippen LogP contribution is 2.18. The molecule has 0 spiro atoms. The van der Waals surface area contributed by atoms with Gasteiger partial charge in [-0.3, -0.25) is 9.59 Å². The molecule has 0 fully saturated rings. The van der Waals surface area contributed by atoms with Gasteiger partial charge in [-0.25, -0.2) is 9.78 Å². The minimum absolute atomic E-state index is 0.0671. The van der Waals surface area contributed by atoms with E-state index in [1.807, 2.05) is 13.8 Å². The van der Waals surface area contributed by atoms with Gasteiger partial charge in [-0.2, -0.15) is 0 Å². The predicted molar refractivity (Wildman–Crippen MR) is 107 cm³/mol. The van der Waals surface area contributed by atoms with E-state index in [0.29, 0.717) is 24.3 Å². The molecule has 1 heterocycles. The minimum Gasteiger partial charge on any atom is -0.451 e. The summed E-state index contributed by atoms with van der Waals surface area (Å²) in [5, 5.41) is 2.72. The summed E-state index contributed by atoms with van der Waals surface area (Å²) in [7, 11) is 0. The van der Waals surface area contributed by atoms with Crippen molar-refractivity contribution >= 4 is 46.7 Å². The monoisotopic (exact) mass is 423 g/mol. The van der Waals surface area contributed by atoms with Crippen LogP contribution in [0.1, 0.15) is 34.7 Å². The number of carbonyl (C=O) groups is 3. The maximum Gasteiger partial charge on any atom is 0.359 e. The van der Waals surface area contributed by atoms with Crippen LogP contribution in [0.25, 0.3) is 0 Å². The van der Waals surface area contributed by atoms with Crippen molar-refractivity contribution in [3.05, 3.63) is 57.8 Å². The minimum atomic E-state index is -0.867. The Labute approximate surface area is 172 Å². The summed E-state index contributed by atoms with van der Waals surface area (Å²) in [5.41, 5.74) is 0.695. The average Bonchev–Trinajstić information content (AvgIpc) is 2.69. The van der Waals surface area contributed by atoms with Crippen molar-refractivity contribution in [2.75, 3.05) is 25.0 Å². The van der Waals surface area contributed by atoms with Crippen LogP contribution in [-0.2, 0) is 9.53 Å². The third kappa shape index (κ3) is 5.68. The molecule has 1 N–H and O–H groups in total. The molecule has 0 aliphatic rings. The Bertz CT molecular complexity index is 885. The Morgan fingerprint density at radius 2 is 1.82 bits per heavy atom. The Morgan fingerprint density at radius 3 is 2.50 bits per heavy atom. The average molecular weight is 424 g/mol. The summed E-state index contributed by atoms with van der Waals surface area (Å²) in [5.74, 6) is -1.57. The molecule has 28 heavy (non-hydrogen) atoms. The third-order valence-corrected chi connectivity index (χ3v) is 4.30. The molecular weight excluding hydrogens is 405 g/mol. The standard InChI is InChI=1S/C19H19Cl2N3O4/c1-3-24(4-2)18(26)12-6-5-7-13(10-12)22-16(25)11-28-19(27)17-14(20)8-9-15(21)23-17/h5-10H,3-4,11H2,1-2H3,(H,22,25). The summed E-state index contributed by atoms with van der Waals surface area (Å²) in [4.78, 5) is 41.9. The van der Waals surface area contributed by atoms with Crippen LogP contribution in [0.4, 0.5) is 5.69 Å². The molecule has 148 valence electrons. The van der Waals surface area contributed by atoms with Crippen LogP contribution < -0.4 is 5.32 Å². The predicted octanol–water partition coefficient (Wildman–Crippen LogP) is 3.67. The van der Waals surface area contributed by atoms with Gasteiger partial charge in [-0.15, -0.1) is 0 Å². The SMILES string of the molecule is CCN(CC)C(=O)c1cccc(NC(=O)COC(=O)c2nc(Cl)ccc2Cl)c1.